The van der Waals surface area contributed by atoms with Crippen LogP contribution in [-0.4, -0.2) is 42.5 Å². The van der Waals surface area contributed by atoms with Gasteiger partial charge in [0.05, 0.1) is 7.11 Å². The zero-order chi connectivity index (χ0) is 22.2. The summed E-state index contributed by atoms with van der Waals surface area (Å²) in [7, 11) is 1.59. The normalized spacial score (nSPS) is 10.4. The number of anilines is 4. The van der Waals surface area contributed by atoms with Gasteiger partial charge >= 0.3 is 0 Å². The number of ether oxygens (including phenoxy) is 1. The largest absolute Gasteiger partial charge is 0.497 e. The lowest BCUT2D eigenvalue weighted by Gasteiger charge is -2.07. The number of hydrogen-bond donors (Lipinski definition) is 4. The highest BCUT2D eigenvalue weighted by atomic mass is 32.2. The van der Waals surface area contributed by atoms with Crippen LogP contribution >= 0.6 is 23.1 Å². The second kappa shape index (κ2) is 10.7. The van der Waals surface area contributed by atoms with E-state index >= 15 is 0 Å². The summed E-state index contributed by atoms with van der Waals surface area (Å²) in [6.07, 6.45) is 2.05. The Morgan fingerprint density at radius 3 is 2.39 bits per heavy atom. The molecule has 1 heterocycles. The monoisotopic (exact) mass is 457 g/mol. The molecule has 2 amide bonds. The number of hydrogen-bond acceptors (Lipinski definition) is 8. The van der Waals surface area contributed by atoms with Crippen molar-refractivity contribution in [3.8, 4) is 5.75 Å². The van der Waals surface area contributed by atoms with E-state index in [0.29, 0.717) is 10.7 Å². The highest BCUT2D eigenvalue weighted by molar-refractivity contribution is 7.98. The summed E-state index contributed by atoms with van der Waals surface area (Å²) in [5.41, 5.74) is 7.61. The zero-order valence-electron chi connectivity index (χ0n) is 17.1. The topological polar surface area (TPSA) is 118 Å². The summed E-state index contributed by atoms with van der Waals surface area (Å²) in [5, 5.41) is 9.84. The molecule has 8 nitrogen and oxygen atoms in total. The summed E-state index contributed by atoms with van der Waals surface area (Å²) in [5.74, 6) is 0.651. The molecule has 10 heteroatoms. The minimum absolute atomic E-state index is 0.00436. The van der Waals surface area contributed by atoms with Gasteiger partial charge in [-0.05, 0) is 54.8 Å². The van der Waals surface area contributed by atoms with E-state index in [2.05, 4.69) is 20.9 Å². The number of primary amides is 1. The number of benzene rings is 2. The molecule has 0 aliphatic heterocycles. The molecule has 0 atom stereocenters. The molecular weight excluding hydrogens is 434 g/mol. The molecule has 0 radical (unpaired) electrons. The van der Waals surface area contributed by atoms with Crippen LogP contribution in [0, 0.1) is 0 Å². The molecule has 0 aliphatic rings. The standard InChI is InChI=1S/C21H23N5O3S2/c1-29-16-9-7-15(8-10-16)24-21-25-17(18(22)27)20(31-21)26-19(28)13-3-5-14(6-4-13)23-11-12-30-2/h3-10,23H,11-12H2,1-2H3,(H2,22,27)(H,24,25)(H,26,28). The number of methoxy groups -OCH3 is 1. The fourth-order valence-electron chi connectivity index (χ4n) is 2.64. The maximum Gasteiger partial charge on any atom is 0.270 e. The fourth-order valence-corrected chi connectivity index (χ4v) is 3.83. The van der Waals surface area contributed by atoms with Crippen molar-refractivity contribution in [2.75, 3.05) is 41.6 Å². The first-order valence-electron chi connectivity index (χ1n) is 9.36. The smallest absolute Gasteiger partial charge is 0.270 e. The van der Waals surface area contributed by atoms with Crippen LogP contribution in [0.5, 0.6) is 5.75 Å². The molecule has 0 fully saturated rings. The van der Waals surface area contributed by atoms with Gasteiger partial charge in [-0.25, -0.2) is 4.98 Å². The van der Waals surface area contributed by atoms with Gasteiger partial charge in [0.25, 0.3) is 11.8 Å². The maximum atomic E-state index is 12.7. The zero-order valence-corrected chi connectivity index (χ0v) is 18.7. The minimum Gasteiger partial charge on any atom is -0.497 e. The number of thiazole rings is 1. The number of carbonyl (C=O) groups excluding carboxylic acids is 2. The van der Waals surface area contributed by atoms with Crippen molar-refractivity contribution in [2.24, 2.45) is 5.73 Å². The number of nitrogens with one attached hydrogen (secondary N) is 3. The van der Waals surface area contributed by atoms with Crippen LogP contribution in [0.3, 0.4) is 0 Å². The molecular formula is C21H23N5O3S2. The van der Waals surface area contributed by atoms with Gasteiger partial charge in [-0.15, -0.1) is 0 Å². The average Bonchev–Trinajstić information content (AvgIpc) is 3.17. The number of thioether (sulfide) groups is 1. The molecule has 0 saturated heterocycles. The molecule has 3 rings (SSSR count). The van der Waals surface area contributed by atoms with Crippen molar-refractivity contribution in [2.45, 2.75) is 0 Å². The van der Waals surface area contributed by atoms with E-state index in [4.69, 9.17) is 10.5 Å². The third-order valence-corrected chi connectivity index (χ3v) is 5.71. The lowest BCUT2D eigenvalue weighted by molar-refractivity contribution is 0.0997. The van der Waals surface area contributed by atoms with Gasteiger partial charge in [0.15, 0.2) is 10.8 Å². The fraction of sp³-hybridized carbons (Fsp3) is 0.190. The van der Waals surface area contributed by atoms with Gasteiger partial charge in [0.2, 0.25) is 0 Å². The van der Waals surface area contributed by atoms with Crippen molar-refractivity contribution in [1.82, 2.24) is 4.98 Å². The van der Waals surface area contributed by atoms with Gasteiger partial charge in [-0.2, -0.15) is 11.8 Å². The molecule has 0 aliphatic carbocycles. The van der Waals surface area contributed by atoms with E-state index in [0.717, 1.165) is 40.8 Å². The van der Waals surface area contributed by atoms with Crippen molar-refractivity contribution in [1.29, 1.82) is 0 Å². The summed E-state index contributed by atoms with van der Waals surface area (Å²) >= 11 is 2.89. The van der Waals surface area contributed by atoms with Gasteiger partial charge in [0.1, 0.15) is 10.8 Å². The van der Waals surface area contributed by atoms with E-state index < -0.39 is 5.91 Å². The Morgan fingerprint density at radius 2 is 1.77 bits per heavy atom. The molecule has 162 valence electrons. The lowest BCUT2D eigenvalue weighted by atomic mass is 10.2. The summed E-state index contributed by atoms with van der Waals surface area (Å²) in [6.45, 7) is 0.847. The van der Waals surface area contributed by atoms with Gasteiger partial charge in [-0.1, -0.05) is 11.3 Å². The number of aromatic nitrogens is 1. The Kier molecular flexibility index (Phi) is 7.74. The molecule has 0 bridgehead atoms. The molecule has 2 aromatic carbocycles. The maximum absolute atomic E-state index is 12.7. The quantitative estimate of drug-likeness (QED) is 0.340. The van der Waals surface area contributed by atoms with Crippen LogP contribution in [0.15, 0.2) is 48.5 Å². The predicted octanol–water partition coefficient (Wildman–Crippen LogP) is 4.02. The minimum atomic E-state index is -0.720. The highest BCUT2D eigenvalue weighted by Crippen LogP contribution is 2.31. The number of amides is 2. The van der Waals surface area contributed by atoms with Gasteiger partial charge in [-0.3, -0.25) is 9.59 Å². The Bertz CT molecular complexity index is 1040. The second-order valence-electron chi connectivity index (χ2n) is 6.37. The Morgan fingerprint density at radius 1 is 1.10 bits per heavy atom. The summed E-state index contributed by atoms with van der Waals surface area (Å²) < 4.78 is 5.14. The highest BCUT2D eigenvalue weighted by Gasteiger charge is 2.19. The Hall–Kier alpha value is -3.24. The molecule has 0 saturated carbocycles. The summed E-state index contributed by atoms with van der Waals surface area (Å²) in [4.78, 5) is 28.7. The average molecular weight is 458 g/mol. The number of carbonyl (C=O) groups is 2. The SMILES string of the molecule is COc1ccc(Nc2nc(C(N)=O)c(NC(=O)c3ccc(NCCSC)cc3)s2)cc1. The first-order chi connectivity index (χ1) is 15.0. The van der Waals surface area contributed by atoms with E-state index in [1.165, 1.54) is 0 Å². The van der Waals surface area contributed by atoms with Crippen LogP contribution in [0.1, 0.15) is 20.8 Å². The Balaban J connectivity index is 1.71. The molecule has 0 spiro atoms. The van der Waals surface area contributed by atoms with E-state index in [1.807, 2.05) is 30.5 Å². The molecule has 3 aromatic rings. The summed E-state index contributed by atoms with van der Waals surface area (Å²) in [6, 6.07) is 14.4. The lowest BCUT2D eigenvalue weighted by Crippen LogP contribution is -2.17. The third kappa shape index (κ3) is 6.12. The van der Waals surface area contributed by atoms with E-state index in [9.17, 15) is 9.59 Å². The van der Waals surface area contributed by atoms with Gasteiger partial charge < -0.3 is 26.4 Å². The van der Waals surface area contributed by atoms with Gasteiger partial charge in [0, 0.05) is 29.2 Å². The number of rotatable bonds is 10. The van der Waals surface area contributed by atoms with E-state index in [1.54, 1.807) is 43.1 Å². The number of nitrogens with two attached hydrogens (primary N) is 1. The molecule has 0 unspecified atom stereocenters. The first-order valence-corrected chi connectivity index (χ1v) is 11.6. The molecule has 1 aromatic heterocycles. The van der Waals surface area contributed by atoms with Crippen LogP contribution in [0.25, 0.3) is 0 Å². The third-order valence-electron chi connectivity index (χ3n) is 4.21. The van der Waals surface area contributed by atoms with Crippen LogP contribution in [0.2, 0.25) is 0 Å². The number of nitrogens with zero attached hydrogens (tertiary/aromatic N) is 1. The molecule has 5 N–H and O–H groups in total. The molecule has 31 heavy (non-hydrogen) atoms. The van der Waals surface area contributed by atoms with Crippen molar-refractivity contribution >= 4 is 56.4 Å². The van der Waals surface area contributed by atoms with Crippen molar-refractivity contribution in [3.63, 3.8) is 0 Å². The Labute approximate surface area is 188 Å². The van der Waals surface area contributed by atoms with Crippen LogP contribution < -0.4 is 26.4 Å². The van der Waals surface area contributed by atoms with E-state index in [-0.39, 0.29) is 16.6 Å². The van der Waals surface area contributed by atoms with Crippen LogP contribution in [-0.2, 0) is 0 Å². The van der Waals surface area contributed by atoms with Crippen molar-refractivity contribution < 1.29 is 14.3 Å². The second-order valence-corrected chi connectivity index (χ2v) is 8.35. The van der Waals surface area contributed by atoms with Crippen molar-refractivity contribution in [3.05, 3.63) is 59.8 Å². The predicted molar refractivity (Wildman–Crippen MR) is 128 cm³/mol. The van der Waals surface area contributed by atoms with Crippen LogP contribution in [0.4, 0.5) is 21.5 Å². The first kappa shape index (κ1) is 22.4.